The summed E-state index contributed by atoms with van der Waals surface area (Å²) in [6.07, 6.45) is 3.51. The molecule has 2 bridgehead atoms. The maximum atomic E-state index is 11.0. The monoisotopic (exact) mass is 234 g/mol. The Kier molecular flexibility index (Phi) is 2.24. The minimum atomic E-state index is -3.49. The first-order valence-electron chi connectivity index (χ1n) is 4.97. The Morgan fingerprint density at radius 2 is 2.07 bits per heavy atom. The predicted molar refractivity (Wildman–Crippen MR) is 57.5 cm³/mol. The van der Waals surface area contributed by atoms with E-state index in [4.69, 9.17) is 10.7 Å². The lowest BCUT2D eigenvalue weighted by Crippen LogP contribution is -2.23. The Labute approximate surface area is 89.8 Å². The molecule has 0 saturated heterocycles. The number of hydrogen-bond donors (Lipinski definition) is 0. The van der Waals surface area contributed by atoms with Crippen molar-refractivity contribution < 1.29 is 8.42 Å². The smallest absolute Gasteiger partial charge is 0.208 e. The van der Waals surface area contributed by atoms with Gasteiger partial charge in [0.2, 0.25) is 0 Å². The van der Waals surface area contributed by atoms with Gasteiger partial charge in [0, 0.05) is 16.1 Å². The Hall–Kier alpha value is -0.0200. The highest BCUT2D eigenvalue weighted by Gasteiger charge is 2.49. The Balaban J connectivity index is 2.42. The van der Waals surface area contributed by atoms with Gasteiger partial charge in [-0.05, 0) is 42.1 Å². The number of rotatable bonds is 1. The van der Waals surface area contributed by atoms with E-state index in [-0.39, 0.29) is 5.41 Å². The fourth-order valence-electron chi connectivity index (χ4n) is 3.08. The van der Waals surface area contributed by atoms with E-state index in [1.54, 1.807) is 0 Å². The van der Waals surface area contributed by atoms with Crippen LogP contribution >= 0.6 is 10.7 Å². The molecule has 0 aromatic carbocycles. The maximum Gasteiger partial charge on any atom is 0.254 e. The van der Waals surface area contributed by atoms with Gasteiger partial charge in [-0.2, -0.15) is 0 Å². The first kappa shape index (κ1) is 10.5. The van der Waals surface area contributed by atoms with E-state index < -0.39 is 9.05 Å². The number of fused-ring (bicyclic) bond motifs is 2. The van der Waals surface area contributed by atoms with Crippen LogP contribution in [-0.2, 0) is 9.05 Å². The van der Waals surface area contributed by atoms with Crippen molar-refractivity contribution in [2.45, 2.75) is 33.1 Å². The molecule has 2 atom stereocenters. The second-order valence-corrected chi connectivity index (χ2v) is 7.45. The van der Waals surface area contributed by atoms with Gasteiger partial charge in [-0.25, -0.2) is 8.42 Å². The SMILES string of the molecule is CC1(C)/C(=C/S(=O)(=O)Cl)[C@H]2CC[C@@H]1C2. The number of hydrogen-bond acceptors (Lipinski definition) is 2. The molecule has 2 aliphatic carbocycles. The van der Waals surface area contributed by atoms with Crippen molar-refractivity contribution in [3.8, 4) is 0 Å². The summed E-state index contributed by atoms with van der Waals surface area (Å²) in [7, 11) is 1.78. The molecular weight excluding hydrogens is 220 g/mol. The summed E-state index contributed by atoms with van der Waals surface area (Å²) >= 11 is 0. The summed E-state index contributed by atoms with van der Waals surface area (Å²) in [5, 5.41) is 1.29. The largest absolute Gasteiger partial charge is 0.254 e. The molecule has 2 nitrogen and oxygen atoms in total. The van der Waals surface area contributed by atoms with Gasteiger partial charge >= 0.3 is 0 Å². The first-order valence-corrected chi connectivity index (χ1v) is 7.34. The molecule has 2 fully saturated rings. The molecule has 2 saturated carbocycles. The summed E-state index contributed by atoms with van der Waals surface area (Å²) in [4.78, 5) is 0. The lowest BCUT2D eigenvalue weighted by Gasteiger charge is -2.32. The van der Waals surface area contributed by atoms with Gasteiger partial charge in [0.15, 0.2) is 0 Å². The van der Waals surface area contributed by atoms with E-state index >= 15 is 0 Å². The molecule has 0 unspecified atom stereocenters. The molecule has 80 valence electrons. The zero-order valence-electron chi connectivity index (χ0n) is 8.46. The third-order valence-electron chi connectivity index (χ3n) is 3.90. The number of allylic oxidation sites excluding steroid dienone is 1. The standard InChI is InChI=1S/C10H15ClO2S/c1-10(2)8-4-3-7(5-8)9(10)6-14(11,12)13/h6-8H,3-5H2,1-2H3/b9-6+/t7-,8+/m0/s1. The fourth-order valence-corrected chi connectivity index (χ4v) is 4.17. The van der Waals surface area contributed by atoms with Crippen LogP contribution in [0.1, 0.15) is 33.1 Å². The third-order valence-corrected chi connectivity index (χ3v) is 4.71. The normalized spacial score (nSPS) is 38.1. The van der Waals surface area contributed by atoms with E-state index in [0.29, 0.717) is 11.8 Å². The summed E-state index contributed by atoms with van der Waals surface area (Å²) in [5.74, 6) is 1.11. The van der Waals surface area contributed by atoms with Crippen molar-refractivity contribution in [1.82, 2.24) is 0 Å². The quantitative estimate of drug-likeness (QED) is 0.654. The van der Waals surface area contributed by atoms with E-state index in [9.17, 15) is 8.42 Å². The van der Waals surface area contributed by atoms with E-state index in [1.165, 1.54) is 11.8 Å². The molecule has 0 aromatic heterocycles. The number of halogens is 1. The van der Waals surface area contributed by atoms with Crippen molar-refractivity contribution in [2.24, 2.45) is 17.3 Å². The summed E-state index contributed by atoms with van der Waals surface area (Å²) < 4.78 is 22.1. The second kappa shape index (κ2) is 2.99. The highest BCUT2D eigenvalue weighted by atomic mass is 35.7. The lowest BCUT2D eigenvalue weighted by molar-refractivity contribution is 0.288. The molecular formula is C10H15ClO2S. The van der Waals surface area contributed by atoms with E-state index in [0.717, 1.165) is 18.4 Å². The Morgan fingerprint density at radius 1 is 1.43 bits per heavy atom. The second-order valence-electron chi connectivity index (χ2n) is 4.98. The van der Waals surface area contributed by atoms with Crippen molar-refractivity contribution in [1.29, 1.82) is 0 Å². The molecule has 4 heteroatoms. The van der Waals surface area contributed by atoms with Crippen LogP contribution in [-0.4, -0.2) is 8.42 Å². The van der Waals surface area contributed by atoms with Gasteiger partial charge in [-0.15, -0.1) is 0 Å². The van der Waals surface area contributed by atoms with E-state index in [2.05, 4.69) is 13.8 Å². The molecule has 0 aliphatic heterocycles. The van der Waals surface area contributed by atoms with Crippen molar-refractivity contribution in [2.75, 3.05) is 0 Å². The molecule has 14 heavy (non-hydrogen) atoms. The third kappa shape index (κ3) is 1.61. The zero-order valence-corrected chi connectivity index (χ0v) is 10.0. The molecule has 2 rings (SSSR count). The topological polar surface area (TPSA) is 34.1 Å². The summed E-state index contributed by atoms with van der Waals surface area (Å²) in [6.45, 7) is 4.26. The molecule has 0 N–H and O–H groups in total. The van der Waals surface area contributed by atoms with Gasteiger partial charge < -0.3 is 0 Å². The van der Waals surface area contributed by atoms with Crippen molar-refractivity contribution in [3.05, 3.63) is 11.0 Å². The summed E-state index contributed by atoms with van der Waals surface area (Å²) in [6, 6.07) is 0. The van der Waals surface area contributed by atoms with Crippen LogP contribution in [0.25, 0.3) is 0 Å². The van der Waals surface area contributed by atoms with Crippen molar-refractivity contribution in [3.63, 3.8) is 0 Å². The van der Waals surface area contributed by atoms with Gasteiger partial charge in [0.05, 0.1) is 0 Å². The molecule has 0 aromatic rings. The minimum Gasteiger partial charge on any atom is -0.208 e. The van der Waals surface area contributed by atoms with Gasteiger partial charge in [-0.3, -0.25) is 0 Å². The average molecular weight is 235 g/mol. The van der Waals surface area contributed by atoms with Crippen LogP contribution in [0.2, 0.25) is 0 Å². The molecule has 0 spiro atoms. The molecule has 0 heterocycles. The molecule has 2 aliphatic rings. The first-order chi connectivity index (χ1) is 6.31. The Bertz CT molecular complexity index is 381. The van der Waals surface area contributed by atoms with Gasteiger partial charge in [-0.1, -0.05) is 13.8 Å². The predicted octanol–water partition coefficient (Wildman–Crippen LogP) is 2.90. The van der Waals surface area contributed by atoms with Crippen LogP contribution in [0.15, 0.2) is 11.0 Å². The van der Waals surface area contributed by atoms with E-state index in [1.807, 2.05) is 0 Å². The fraction of sp³-hybridized carbons (Fsp3) is 0.800. The minimum absolute atomic E-state index is 0.0326. The van der Waals surface area contributed by atoms with Crippen LogP contribution in [0.5, 0.6) is 0 Å². The van der Waals surface area contributed by atoms with Crippen LogP contribution < -0.4 is 0 Å². The highest BCUT2D eigenvalue weighted by molar-refractivity contribution is 8.16. The maximum absolute atomic E-state index is 11.0. The zero-order chi connectivity index (χ0) is 10.6. The summed E-state index contributed by atoms with van der Waals surface area (Å²) in [5.41, 5.74) is 1.08. The molecule has 0 amide bonds. The van der Waals surface area contributed by atoms with Gasteiger partial charge in [0.25, 0.3) is 9.05 Å². The Morgan fingerprint density at radius 3 is 2.50 bits per heavy atom. The van der Waals surface area contributed by atoms with Crippen LogP contribution in [0.4, 0.5) is 0 Å². The van der Waals surface area contributed by atoms with Crippen LogP contribution in [0, 0.1) is 17.3 Å². The lowest BCUT2D eigenvalue weighted by atomic mass is 9.73. The highest BCUT2D eigenvalue weighted by Crippen LogP contribution is 2.59. The molecule has 0 radical (unpaired) electrons. The van der Waals surface area contributed by atoms with Crippen molar-refractivity contribution >= 4 is 19.7 Å². The van der Waals surface area contributed by atoms with Crippen LogP contribution in [0.3, 0.4) is 0 Å². The average Bonchev–Trinajstić information content (AvgIpc) is 2.51. The van der Waals surface area contributed by atoms with Gasteiger partial charge in [0.1, 0.15) is 0 Å².